The molecule has 3 heteroatoms. The molecule has 0 radical (unpaired) electrons. The zero-order chi connectivity index (χ0) is 6.85. The van der Waals surface area contributed by atoms with Crippen LogP contribution in [0.25, 0.3) is 0 Å². The number of nitrogens with zero attached hydrogens (tertiary/aromatic N) is 3. The van der Waals surface area contributed by atoms with Crippen LogP contribution in [0.5, 0.6) is 0 Å². The Morgan fingerprint density at radius 3 is 2.33 bits per heavy atom. The van der Waals surface area contributed by atoms with Gasteiger partial charge in [0.2, 0.25) is 0 Å². The number of rotatable bonds is 1. The molecule has 1 aliphatic rings. The van der Waals surface area contributed by atoms with Crippen LogP contribution in [0.1, 0.15) is 20.8 Å². The second-order valence-electron chi connectivity index (χ2n) is 2.56. The first-order valence-electron chi connectivity index (χ1n) is 3.19. The molecule has 1 atom stereocenters. The van der Waals surface area contributed by atoms with Crippen molar-refractivity contribution in [1.29, 1.82) is 0 Å². The lowest BCUT2D eigenvalue weighted by Crippen LogP contribution is -2.17. The van der Waals surface area contributed by atoms with Crippen LogP contribution in [0.15, 0.2) is 15.4 Å². The van der Waals surface area contributed by atoms with Gasteiger partial charge in [-0.1, -0.05) is 13.8 Å². The summed E-state index contributed by atoms with van der Waals surface area (Å²) in [4.78, 5) is 0. The molecule has 0 aromatic rings. The summed E-state index contributed by atoms with van der Waals surface area (Å²) < 4.78 is 0. The van der Waals surface area contributed by atoms with Gasteiger partial charge < -0.3 is 0 Å². The van der Waals surface area contributed by atoms with Gasteiger partial charge in [0, 0.05) is 0 Å². The van der Waals surface area contributed by atoms with E-state index in [4.69, 9.17) is 0 Å². The molecule has 0 saturated heterocycles. The van der Waals surface area contributed by atoms with Gasteiger partial charge >= 0.3 is 0 Å². The van der Waals surface area contributed by atoms with Gasteiger partial charge in [-0.05, 0) is 18.1 Å². The van der Waals surface area contributed by atoms with Gasteiger partial charge in [-0.3, -0.25) is 0 Å². The first-order chi connectivity index (χ1) is 4.22. The van der Waals surface area contributed by atoms with Gasteiger partial charge in [-0.15, -0.1) is 5.10 Å². The first kappa shape index (κ1) is 6.39. The SMILES string of the molecule is CC(C)C1=NN=NC1C. The molecule has 3 nitrogen and oxygen atoms in total. The summed E-state index contributed by atoms with van der Waals surface area (Å²) in [6, 6.07) is 0.213. The molecule has 0 aromatic heterocycles. The highest BCUT2D eigenvalue weighted by Gasteiger charge is 2.16. The minimum Gasteiger partial charge on any atom is -0.160 e. The summed E-state index contributed by atoms with van der Waals surface area (Å²) in [7, 11) is 0. The van der Waals surface area contributed by atoms with E-state index in [9.17, 15) is 0 Å². The predicted molar refractivity (Wildman–Crippen MR) is 36.6 cm³/mol. The molecule has 1 rings (SSSR count). The Balaban J connectivity index is 2.64. The highest BCUT2D eigenvalue weighted by molar-refractivity contribution is 5.91. The maximum Gasteiger partial charge on any atom is 0.110 e. The normalized spacial score (nSPS) is 25.3. The molecule has 0 fully saturated rings. The highest BCUT2D eigenvalue weighted by Crippen LogP contribution is 2.11. The van der Waals surface area contributed by atoms with Gasteiger partial charge in [0.05, 0.1) is 5.71 Å². The number of hydrogen-bond acceptors (Lipinski definition) is 3. The van der Waals surface area contributed by atoms with Crippen LogP contribution in [0, 0.1) is 5.92 Å². The van der Waals surface area contributed by atoms with Crippen molar-refractivity contribution >= 4 is 5.71 Å². The maximum absolute atomic E-state index is 3.89. The van der Waals surface area contributed by atoms with Crippen molar-refractivity contribution in [2.75, 3.05) is 0 Å². The number of hydrogen-bond donors (Lipinski definition) is 0. The zero-order valence-electron chi connectivity index (χ0n) is 6.00. The molecule has 0 aromatic carbocycles. The molecule has 0 spiro atoms. The summed E-state index contributed by atoms with van der Waals surface area (Å²) in [5, 5.41) is 11.3. The average Bonchev–Trinajstić information content (AvgIpc) is 2.13. The Morgan fingerprint density at radius 1 is 1.44 bits per heavy atom. The molecule has 0 amide bonds. The van der Waals surface area contributed by atoms with Gasteiger partial charge in [-0.2, -0.15) is 5.11 Å². The summed E-state index contributed by atoms with van der Waals surface area (Å²) >= 11 is 0. The van der Waals surface area contributed by atoms with Crippen LogP contribution >= 0.6 is 0 Å². The standard InChI is InChI=1S/C6H11N3/c1-4(2)6-5(3)7-9-8-6/h4-5H,1-3H3. The van der Waals surface area contributed by atoms with Crippen molar-refractivity contribution in [3.8, 4) is 0 Å². The molecule has 0 aliphatic carbocycles. The van der Waals surface area contributed by atoms with Gasteiger partial charge in [0.15, 0.2) is 0 Å². The van der Waals surface area contributed by atoms with Gasteiger partial charge in [-0.25, -0.2) is 0 Å². The summed E-state index contributed by atoms with van der Waals surface area (Å²) in [5.74, 6) is 0.481. The van der Waals surface area contributed by atoms with E-state index in [1.165, 1.54) is 0 Å². The van der Waals surface area contributed by atoms with Crippen LogP contribution in [0.3, 0.4) is 0 Å². The molecule has 1 heterocycles. The minimum absolute atomic E-state index is 0.213. The van der Waals surface area contributed by atoms with Gasteiger partial charge in [0.1, 0.15) is 6.04 Å². The smallest absolute Gasteiger partial charge is 0.110 e. The molecular formula is C6H11N3. The Morgan fingerprint density at radius 2 is 2.11 bits per heavy atom. The lowest BCUT2D eigenvalue weighted by atomic mass is 10.0. The predicted octanol–water partition coefficient (Wildman–Crippen LogP) is 1.85. The third-order valence-corrected chi connectivity index (χ3v) is 1.40. The largest absolute Gasteiger partial charge is 0.160 e. The van der Waals surface area contributed by atoms with Gasteiger partial charge in [0.25, 0.3) is 0 Å². The van der Waals surface area contributed by atoms with E-state index in [0.29, 0.717) is 5.92 Å². The summed E-state index contributed by atoms with van der Waals surface area (Å²) in [6.45, 7) is 6.22. The van der Waals surface area contributed by atoms with Crippen molar-refractivity contribution in [2.24, 2.45) is 21.4 Å². The Hall–Kier alpha value is -0.730. The van der Waals surface area contributed by atoms with E-state index in [-0.39, 0.29) is 6.04 Å². The topological polar surface area (TPSA) is 37.1 Å². The van der Waals surface area contributed by atoms with Crippen LogP contribution in [-0.2, 0) is 0 Å². The Bertz CT molecular complexity index is 158. The lowest BCUT2D eigenvalue weighted by Gasteiger charge is -2.04. The van der Waals surface area contributed by atoms with Crippen LogP contribution in [0.2, 0.25) is 0 Å². The third kappa shape index (κ3) is 1.15. The second kappa shape index (κ2) is 2.25. The lowest BCUT2D eigenvalue weighted by molar-refractivity contribution is 0.820. The fourth-order valence-electron chi connectivity index (χ4n) is 0.896. The van der Waals surface area contributed by atoms with E-state index in [1.807, 2.05) is 6.92 Å². The summed E-state index contributed by atoms with van der Waals surface area (Å²) in [6.07, 6.45) is 0. The van der Waals surface area contributed by atoms with Crippen molar-refractivity contribution in [1.82, 2.24) is 0 Å². The zero-order valence-corrected chi connectivity index (χ0v) is 6.00. The van der Waals surface area contributed by atoms with E-state index < -0.39 is 0 Å². The van der Waals surface area contributed by atoms with Crippen molar-refractivity contribution in [3.63, 3.8) is 0 Å². The quantitative estimate of drug-likeness (QED) is 0.513. The molecule has 0 N–H and O–H groups in total. The molecule has 9 heavy (non-hydrogen) atoms. The molecule has 1 unspecified atom stereocenters. The molecule has 0 saturated carbocycles. The van der Waals surface area contributed by atoms with Crippen molar-refractivity contribution in [3.05, 3.63) is 0 Å². The van der Waals surface area contributed by atoms with Crippen molar-refractivity contribution in [2.45, 2.75) is 26.8 Å². The monoisotopic (exact) mass is 125 g/mol. The van der Waals surface area contributed by atoms with Crippen LogP contribution < -0.4 is 0 Å². The molecule has 1 aliphatic heterocycles. The van der Waals surface area contributed by atoms with E-state index in [1.54, 1.807) is 0 Å². The first-order valence-corrected chi connectivity index (χ1v) is 3.19. The van der Waals surface area contributed by atoms with E-state index in [0.717, 1.165) is 5.71 Å². The van der Waals surface area contributed by atoms with Crippen LogP contribution in [0.4, 0.5) is 0 Å². The minimum atomic E-state index is 0.213. The third-order valence-electron chi connectivity index (χ3n) is 1.40. The fraction of sp³-hybridized carbons (Fsp3) is 0.833. The molecule has 0 bridgehead atoms. The van der Waals surface area contributed by atoms with Crippen LogP contribution in [-0.4, -0.2) is 11.8 Å². The Kier molecular flexibility index (Phi) is 1.60. The second-order valence-corrected chi connectivity index (χ2v) is 2.56. The maximum atomic E-state index is 3.89. The Labute approximate surface area is 54.9 Å². The van der Waals surface area contributed by atoms with E-state index >= 15 is 0 Å². The summed E-state index contributed by atoms with van der Waals surface area (Å²) in [5.41, 5.74) is 1.09. The molecular weight excluding hydrogens is 114 g/mol. The average molecular weight is 125 g/mol. The van der Waals surface area contributed by atoms with Crippen molar-refractivity contribution < 1.29 is 0 Å². The highest BCUT2D eigenvalue weighted by atomic mass is 15.4. The fourth-order valence-corrected chi connectivity index (χ4v) is 0.896. The molecule has 50 valence electrons. The van der Waals surface area contributed by atoms with E-state index in [2.05, 4.69) is 29.3 Å².